The first kappa shape index (κ1) is 10.8. The van der Waals surface area contributed by atoms with Gasteiger partial charge in [-0.15, -0.1) is 0 Å². The molecule has 1 saturated heterocycles. The molecule has 1 fully saturated rings. The summed E-state index contributed by atoms with van der Waals surface area (Å²) in [6.07, 6.45) is 0.233. The molecule has 0 bridgehead atoms. The third-order valence-electron chi connectivity index (χ3n) is 2.76. The van der Waals surface area contributed by atoms with Crippen molar-refractivity contribution in [2.45, 2.75) is 13.0 Å². The lowest BCUT2D eigenvalue weighted by Gasteiger charge is -2.33. The number of nitrogens with zero attached hydrogens (tertiary/aromatic N) is 2. The third-order valence-corrected chi connectivity index (χ3v) is 2.76. The summed E-state index contributed by atoms with van der Waals surface area (Å²) in [4.78, 5) is 2.22. The molecule has 1 aliphatic rings. The van der Waals surface area contributed by atoms with Gasteiger partial charge in [-0.25, -0.2) is 0 Å². The third kappa shape index (κ3) is 2.10. The monoisotopic (exact) mass is 217 g/mol. The maximum atomic E-state index is 8.92. The number of nitriles is 1. The van der Waals surface area contributed by atoms with Crippen LogP contribution in [0.15, 0.2) is 18.2 Å². The van der Waals surface area contributed by atoms with E-state index in [1.165, 1.54) is 0 Å². The summed E-state index contributed by atoms with van der Waals surface area (Å²) >= 11 is 0. The van der Waals surface area contributed by atoms with Crippen LogP contribution in [0.2, 0.25) is 0 Å². The minimum Gasteiger partial charge on any atom is -0.398 e. The van der Waals surface area contributed by atoms with Gasteiger partial charge in [-0.1, -0.05) is 0 Å². The molecular weight excluding hydrogens is 202 g/mol. The standard InChI is InChI=1S/C12H15N3O/c1-9-8-15(4-5-16-9)11-2-3-12(14)10(6-11)7-13/h2-3,6,9H,4-5,8,14H2,1H3. The lowest BCUT2D eigenvalue weighted by Crippen LogP contribution is -2.41. The molecule has 1 atom stereocenters. The van der Waals surface area contributed by atoms with Crippen LogP contribution >= 0.6 is 0 Å². The van der Waals surface area contributed by atoms with E-state index in [4.69, 9.17) is 15.7 Å². The Bertz CT molecular complexity index is 425. The van der Waals surface area contributed by atoms with Gasteiger partial charge in [-0.2, -0.15) is 5.26 Å². The summed E-state index contributed by atoms with van der Waals surface area (Å²) in [6.45, 7) is 4.50. The molecular formula is C12H15N3O. The molecule has 84 valence electrons. The van der Waals surface area contributed by atoms with E-state index in [9.17, 15) is 0 Å². The Labute approximate surface area is 95.2 Å². The van der Waals surface area contributed by atoms with Crippen molar-refractivity contribution in [3.63, 3.8) is 0 Å². The topological polar surface area (TPSA) is 62.3 Å². The zero-order chi connectivity index (χ0) is 11.5. The van der Waals surface area contributed by atoms with E-state index >= 15 is 0 Å². The normalized spacial score (nSPS) is 20.5. The van der Waals surface area contributed by atoms with Crippen LogP contribution in [0.25, 0.3) is 0 Å². The van der Waals surface area contributed by atoms with Gasteiger partial charge in [0, 0.05) is 24.5 Å². The van der Waals surface area contributed by atoms with Crippen LogP contribution in [0.5, 0.6) is 0 Å². The van der Waals surface area contributed by atoms with E-state index in [0.717, 1.165) is 25.4 Å². The zero-order valence-corrected chi connectivity index (χ0v) is 9.31. The van der Waals surface area contributed by atoms with Gasteiger partial charge in [0.2, 0.25) is 0 Å². The van der Waals surface area contributed by atoms with Crippen LogP contribution in [0.3, 0.4) is 0 Å². The Balaban J connectivity index is 2.24. The fourth-order valence-electron chi connectivity index (χ4n) is 1.89. The van der Waals surface area contributed by atoms with Crippen LogP contribution in [0.1, 0.15) is 12.5 Å². The molecule has 16 heavy (non-hydrogen) atoms. The Morgan fingerprint density at radius 3 is 3.06 bits per heavy atom. The average Bonchev–Trinajstić information content (AvgIpc) is 2.29. The van der Waals surface area contributed by atoms with Gasteiger partial charge in [0.1, 0.15) is 6.07 Å². The Hall–Kier alpha value is -1.73. The number of nitrogen functional groups attached to an aromatic ring is 1. The Kier molecular flexibility index (Phi) is 2.97. The van der Waals surface area contributed by atoms with Crippen LogP contribution in [0.4, 0.5) is 11.4 Å². The van der Waals surface area contributed by atoms with Crippen molar-refractivity contribution >= 4 is 11.4 Å². The molecule has 2 N–H and O–H groups in total. The number of morpholine rings is 1. The number of rotatable bonds is 1. The van der Waals surface area contributed by atoms with E-state index in [1.54, 1.807) is 6.07 Å². The molecule has 0 aliphatic carbocycles. The van der Waals surface area contributed by atoms with Crippen molar-refractivity contribution in [2.75, 3.05) is 30.3 Å². The predicted octanol–water partition coefficient (Wildman–Crippen LogP) is 1.37. The van der Waals surface area contributed by atoms with Crippen molar-refractivity contribution in [1.82, 2.24) is 0 Å². The first-order valence-corrected chi connectivity index (χ1v) is 5.37. The summed E-state index contributed by atoms with van der Waals surface area (Å²) in [5.41, 5.74) is 7.81. The molecule has 0 saturated carbocycles. The minimum atomic E-state index is 0.233. The predicted molar refractivity (Wildman–Crippen MR) is 63.2 cm³/mol. The van der Waals surface area contributed by atoms with Crippen molar-refractivity contribution in [1.29, 1.82) is 5.26 Å². The summed E-state index contributed by atoms with van der Waals surface area (Å²) in [6, 6.07) is 7.68. The Morgan fingerprint density at radius 2 is 2.38 bits per heavy atom. The summed E-state index contributed by atoms with van der Waals surface area (Å²) in [5.74, 6) is 0. The number of hydrogen-bond donors (Lipinski definition) is 1. The first-order chi connectivity index (χ1) is 7.70. The molecule has 1 aromatic carbocycles. The van der Waals surface area contributed by atoms with E-state index in [1.807, 2.05) is 12.1 Å². The molecule has 2 rings (SSSR count). The summed E-state index contributed by atoms with van der Waals surface area (Å²) in [5, 5.41) is 8.92. The van der Waals surface area contributed by atoms with Crippen molar-refractivity contribution in [3.8, 4) is 6.07 Å². The highest BCUT2D eigenvalue weighted by Crippen LogP contribution is 2.22. The van der Waals surface area contributed by atoms with Gasteiger partial charge < -0.3 is 15.4 Å². The van der Waals surface area contributed by atoms with Gasteiger partial charge in [0.25, 0.3) is 0 Å². The van der Waals surface area contributed by atoms with Gasteiger partial charge in [-0.3, -0.25) is 0 Å². The zero-order valence-electron chi connectivity index (χ0n) is 9.31. The Morgan fingerprint density at radius 1 is 1.56 bits per heavy atom. The second-order valence-electron chi connectivity index (χ2n) is 4.01. The molecule has 0 radical (unpaired) electrons. The van der Waals surface area contributed by atoms with Crippen molar-refractivity contribution in [2.24, 2.45) is 0 Å². The van der Waals surface area contributed by atoms with Crippen LogP contribution in [-0.4, -0.2) is 25.8 Å². The fourth-order valence-corrected chi connectivity index (χ4v) is 1.89. The molecule has 1 aromatic rings. The maximum absolute atomic E-state index is 8.92. The first-order valence-electron chi connectivity index (χ1n) is 5.37. The summed E-state index contributed by atoms with van der Waals surface area (Å²) < 4.78 is 5.48. The highest BCUT2D eigenvalue weighted by atomic mass is 16.5. The minimum absolute atomic E-state index is 0.233. The lowest BCUT2D eigenvalue weighted by atomic mass is 10.1. The SMILES string of the molecule is CC1CN(c2ccc(N)c(C#N)c2)CCO1. The summed E-state index contributed by atoms with van der Waals surface area (Å²) in [7, 11) is 0. The van der Waals surface area contributed by atoms with Gasteiger partial charge in [0.05, 0.1) is 18.3 Å². The van der Waals surface area contributed by atoms with Gasteiger partial charge >= 0.3 is 0 Å². The number of nitrogens with two attached hydrogens (primary N) is 1. The second-order valence-corrected chi connectivity index (χ2v) is 4.01. The lowest BCUT2D eigenvalue weighted by molar-refractivity contribution is 0.0532. The van der Waals surface area contributed by atoms with Crippen LogP contribution in [0, 0.1) is 11.3 Å². The van der Waals surface area contributed by atoms with Crippen LogP contribution in [-0.2, 0) is 4.74 Å². The van der Waals surface area contributed by atoms with Crippen molar-refractivity contribution < 1.29 is 4.74 Å². The molecule has 4 heteroatoms. The van der Waals surface area contributed by atoms with E-state index in [-0.39, 0.29) is 6.10 Å². The molecule has 1 heterocycles. The molecule has 4 nitrogen and oxygen atoms in total. The number of anilines is 2. The molecule has 1 aliphatic heterocycles. The highest BCUT2D eigenvalue weighted by Gasteiger charge is 2.17. The average molecular weight is 217 g/mol. The number of ether oxygens (including phenoxy) is 1. The van der Waals surface area contributed by atoms with E-state index < -0.39 is 0 Å². The van der Waals surface area contributed by atoms with Crippen LogP contribution < -0.4 is 10.6 Å². The highest BCUT2D eigenvalue weighted by molar-refractivity contribution is 5.62. The smallest absolute Gasteiger partial charge is 0.101 e. The molecule has 0 spiro atoms. The number of hydrogen-bond acceptors (Lipinski definition) is 4. The van der Waals surface area contributed by atoms with Gasteiger partial charge in [-0.05, 0) is 25.1 Å². The van der Waals surface area contributed by atoms with E-state index in [0.29, 0.717) is 11.3 Å². The number of benzene rings is 1. The van der Waals surface area contributed by atoms with E-state index in [2.05, 4.69) is 17.9 Å². The van der Waals surface area contributed by atoms with Gasteiger partial charge in [0.15, 0.2) is 0 Å². The molecule has 0 amide bonds. The largest absolute Gasteiger partial charge is 0.398 e. The maximum Gasteiger partial charge on any atom is 0.101 e. The molecule has 0 aromatic heterocycles. The molecule has 1 unspecified atom stereocenters. The quantitative estimate of drug-likeness (QED) is 0.721. The fraction of sp³-hybridized carbons (Fsp3) is 0.417. The van der Waals surface area contributed by atoms with Crippen molar-refractivity contribution in [3.05, 3.63) is 23.8 Å². The second kappa shape index (κ2) is 4.42.